The number of nitrogens with two attached hydrogens (primary N) is 2. The van der Waals surface area contributed by atoms with Gasteiger partial charge in [-0.2, -0.15) is 15.0 Å². The lowest BCUT2D eigenvalue weighted by Crippen LogP contribution is -2.04. The molecule has 0 aliphatic heterocycles. The summed E-state index contributed by atoms with van der Waals surface area (Å²) in [5, 5.41) is 0. The molecule has 0 amide bonds. The van der Waals surface area contributed by atoms with Gasteiger partial charge < -0.3 is 11.5 Å². The van der Waals surface area contributed by atoms with Crippen LogP contribution in [0.4, 0.5) is 16.3 Å². The van der Waals surface area contributed by atoms with E-state index in [9.17, 15) is 4.39 Å². The highest BCUT2D eigenvalue weighted by molar-refractivity contribution is 9.10. The van der Waals surface area contributed by atoms with Crippen LogP contribution in [0.3, 0.4) is 0 Å². The summed E-state index contributed by atoms with van der Waals surface area (Å²) < 4.78 is 13.4. The topological polar surface area (TPSA) is 90.7 Å². The Hall–Kier alpha value is -1.76. The molecular weight excluding hydrogens is 277 g/mol. The van der Waals surface area contributed by atoms with Crippen molar-refractivity contribution in [2.75, 3.05) is 11.5 Å². The molecular formula is C9H7BrFN5. The molecule has 82 valence electrons. The SMILES string of the molecule is Nc1nc(N)nc(-c2ccc(F)cc2Br)n1. The molecule has 0 aliphatic carbocycles. The average Bonchev–Trinajstić information content (AvgIpc) is 2.15. The van der Waals surface area contributed by atoms with Crippen molar-refractivity contribution in [2.24, 2.45) is 0 Å². The van der Waals surface area contributed by atoms with Gasteiger partial charge in [-0.15, -0.1) is 0 Å². The van der Waals surface area contributed by atoms with Crippen LogP contribution in [0.5, 0.6) is 0 Å². The summed E-state index contributed by atoms with van der Waals surface area (Å²) in [6.45, 7) is 0. The van der Waals surface area contributed by atoms with Crippen molar-refractivity contribution in [3.8, 4) is 11.4 Å². The van der Waals surface area contributed by atoms with Crippen molar-refractivity contribution in [3.63, 3.8) is 0 Å². The minimum Gasteiger partial charge on any atom is -0.368 e. The number of anilines is 2. The highest BCUT2D eigenvalue weighted by atomic mass is 79.9. The second kappa shape index (κ2) is 4.01. The van der Waals surface area contributed by atoms with E-state index in [4.69, 9.17) is 11.5 Å². The highest BCUT2D eigenvalue weighted by Crippen LogP contribution is 2.26. The molecule has 4 N–H and O–H groups in total. The average molecular weight is 284 g/mol. The van der Waals surface area contributed by atoms with Gasteiger partial charge in [0, 0.05) is 10.0 Å². The normalized spacial score (nSPS) is 10.4. The molecule has 1 aromatic carbocycles. The van der Waals surface area contributed by atoms with E-state index in [1.165, 1.54) is 18.2 Å². The van der Waals surface area contributed by atoms with E-state index in [2.05, 4.69) is 30.9 Å². The van der Waals surface area contributed by atoms with Gasteiger partial charge in [0.05, 0.1) is 0 Å². The summed E-state index contributed by atoms with van der Waals surface area (Å²) in [6.07, 6.45) is 0. The fraction of sp³-hybridized carbons (Fsp3) is 0. The molecule has 0 saturated carbocycles. The van der Waals surface area contributed by atoms with Gasteiger partial charge >= 0.3 is 0 Å². The Morgan fingerprint density at radius 1 is 1.06 bits per heavy atom. The summed E-state index contributed by atoms with van der Waals surface area (Å²) in [7, 11) is 0. The number of hydrogen-bond donors (Lipinski definition) is 2. The molecule has 0 bridgehead atoms. The predicted octanol–water partition coefficient (Wildman–Crippen LogP) is 1.60. The molecule has 0 radical (unpaired) electrons. The Kier molecular flexibility index (Phi) is 2.69. The molecule has 1 aromatic heterocycles. The van der Waals surface area contributed by atoms with Gasteiger partial charge in [0.2, 0.25) is 11.9 Å². The first-order valence-corrected chi connectivity index (χ1v) is 5.08. The summed E-state index contributed by atoms with van der Waals surface area (Å²) >= 11 is 3.21. The largest absolute Gasteiger partial charge is 0.368 e. The van der Waals surface area contributed by atoms with E-state index in [-0.39, 0.29) is 17.7 Å². The summed E-state index contributed by atoms with van der Waals surface area (Å²) in [5.41, 5.74) is 11.5. The Morgan fingerprint density at radius 2 is 1.69 bits per heavy atom. The van der Waals surface area contributed by atoms with E-state index in [1.807, 2.05) is 0 Å². The monoisotopic (exact) mass is 283 g/mol. The number of hydrogen-bond acceptors (Lipinski definition) is 5. The maximum absolute atomic E-state index is 12.9. The second-order valence-corrected chi connectivity index (χ2v) is 3.85. The number of halogens is 2. The number of benzene rings is 1. The Labute approximate surface area is 98.9 Å². The molecule has 2 rings (SSSR count). The lowest BCUT2D eigenvalue weighted by molar-refractivity contribution is 0.627. The van der Waals surface area contributed by atoms with Crippen molar-refractivity contribution >= 4 is 27.8 Å². The van der Waals surface area contributed by atoms with Crippen molar-refractivity contribution in [3.05, 3.63) is 28.5 Å². The van der Waals surface area contributed by atoms with Gasteiger partial charge in [0.15, 0.2) is 5.82 Å². The van der Waals surface area contributed by atoms with E-state index < -0.39 is 0 Å². The quantitative estimate of drug-likeness (QED) is 0.830. The lowest BCUT2D eigenvalue weighted by Gasteiger charge is -2.04. The fourth-order valence-electron chi connectivity index (χ4n) is 1.20. The summed E-state index contributed by atoms with van der Waals surface area (Å²) in [6, 6.07) is 4.15. The first-order valence-electron chi connectivity index (χ1n) is 4.28. The molecule has 5 nitrogen and oxygen atoms in total. The first-order chi connectivity index (χ1) is 7.56. The number of rotatable bonds is 1. The van der Waals surface area contributed by atoms with Crippen molar-refractivity contribution in [1.29, 1.82) is 0 Å². The Bertz CT molecular complexity index is 525. The molecule has 0 spiro atoms. The van der Waals surface area contributed by atoms with Gasteiger partial charge in [-0.05, 0) is 34.1 Å². The zero-order valence-corrected chi connectivity index (χ0v) is 9.57. The van der Waals surface area contributed by atoms with Gasteiger partial charge in [0.1, 0.15) is 5.82 Å². The van der Waals surface area contributed by atoms with Crippen LogP contribution in [0, 0.1) is 5.82 Å². The van der Waals surface area contributed by atoms with Crippen LogP contribution < -0.4 is 11.5 Å². The van der Waals surface area contributed by atoms with E-state index >= 15 is 0 Å². The predicted molar refractivity (Wildman–Crippen MR) is 61.7 cm³/mol. The molecule has 16 heavy (non-hydrogen) atoms. The molecule has 7 heteroatoms. The van der Waals surface area contributed by atoms with E-state index in [0.717, 1.165) is 0 Å². The van der Waals surface area contributed by atoms with E-state index in [1.54, 1.807) is 0 Å². The molecule has 0 atom stereocenters. The molecule has 0 saturated heterocycles. The summed E-state index contributed by atoms with van der Waals surface area (Å²) in [5.74, 6) is -0.0000463. The zero-order chi connectivity index (χ0) is 11.7. The van der Waals surface area contributed by atoms with E-state index in [0.29, 0.717) is 15.9 Å². The lowest BCUT2D eigenvalue weighted by atomic mass is 10.2. The molecule has 2 aromatic rings. The summed E-state index contributed by atoms with van der Waals surface area (Å²) in [4.78, 5) is 11.5. The maximum Gasteiger partial charge on any atom is 0.225 e. The minimum atomic E-state index is -0.356. The van der Waals surface area contributed by atoms with Crippen LogP contribution in [0.1, 0.15) is 0 Å². The highest BCUT2D eigenvalue weighted by Gasteiger charge is 2.09. The van der Waals surface area contributed by atoms with Crippen molar-refractivity contribution in [1.82, 2.24) is 15.0 Å². The molecule has 0 fully saturated rings. The smallest absolute Gasteiger partial charge is 0.225 e. The Balaban J connectivity index is 2.58. The number of nitrogen functional groups attached to an aromatic ring is 2. The third-order valence-electron chi connectivity index (χ3n) is 1.84. The standard InChI is InChI=1S/C9H7BrFN5/c10-6-3-4(11)1-2-5(6)7-14-8(12)16-9(13)15-7/h1-3H,(H4,12,13,14,15,16). The van der Waals surface area contributed by atoms with Crippen molar-refractivity contribution < 1.29 is 4.39 Å². The zero-order valence-electron chi connectivity index (χ0n) is 7.98. The number of aromatic nitrogens is 3. The molecule has 0 aliphatic rings. The number of nitrogens with zero attached hydrogens (tertiary/aromatic N) is 3. The molecule has 0 unspecified atom stereocenters. The first kappa shape index (κ1) is 10.7. The minimum absolute atomic E-state index is 0.0266. The van der Waals surface area contributed by atoms with Crippen molar-refractivity contribution in [2.45, 2.75) is 0 Å². The van der Waals surface area contributed by atoms with Crippen LogP contribution >= 0.6 is 15.9 Å². The second-order valence-electron chi connectivity index (χ2n) is 3.00. The van der Waals surface area contributed by atoms with Gasteiger partial charge in [-0.1, -0.05) is 0 Å². The van der Waals surface area contributed by atoms with Crippen LogP contribution in [-0.2, 0) is 0 Å². The van der Waals surface area contributed by atoms with Crippen LogP contribution in [0.15, 0.2) is 22.7 Å². The maximum atomic E-state index is 12.9. The fourth-order valence-corrected chi connectivity index (χ4v) is 1.73. The van der Waals surface area contributed by atoms with Crippen LogP contribution in [-0.4, -0.2) is 15.0 Å². The Morgan fingerprint density at radius 3 is 2.25 bits per heavy atom. The van der Waals surface area contributed by atoms with Crippen LogP contribution in [0.2, 0.25) is 0 Å². The van der Waals surface area contributed by atoms with Crippen LogP contribution in [0.25, 0.3) is 11.4 Å². The van der Waals surface area contributed by atoms with Gasteiger partial charge in [-0.25, -0.2) is 4.39 Å². The third-order valence-corrected chi connectivity index (χ3v) is 2.50. The third kappa shape index (κ3) is 2.08. The van der Waals surface area contributed by atoms with Gasteiger partial charge in [-0.3, -0.25) is 0 Å². The molecule has 1 heterocycles. The van der Waals surface area contributed by atoms with Gasteiger partial charge in [0.25, 0.3) is 0 Å².